The van der Waals surface area contributed by atoms with Crippen LogP contribution < -0.4 is 9.97 Å². The Morgan fingerprint density at radius 3 is 1.26 bits per heavy atom. The Balaban J connectivity index is 0.000000174. The molecule has 0 spiro atoms. The van der Waals surface area contributed by atoms with Gasteiger partial charge in [-0.2, -0.15) is 8.42 Å². The number of carbonyl (C=O) groups excluding carboxylic acids is 2. The number of carboxylic acids is 2. The van der Waals surface area contributed by atoms with Gasteiger partial charge in [0.1, 0.15) is 0 Å². The van der Waals surface area contributed by atoms with Crippen molar-refractivity contribution in [1.82, 2.24) is 39.9 Å². The third kappa shape index (κ3) is 8.50. The van der Waals surface area contributed by atoms with Gasteiger partial charge in [-0.05, 0) is 58.8 Å². The first-order chi connectivity index (χ1) is 32.7. The number of hydrogen-bond donors (Lipinski definition) is 3. The molecule has 3 aromatic heterocycles. The molecule has 8 bridgehead atoms. The molecule has 0 aliphatic carbocycles. The fourth-order valence-electron chi connectivity index (χ4n) is 7.70. The predicted molar refractivity (Wildman–Crippen MR) is 245 cm³/mol. The number of aromatic carboxylic acids is 2. The molecule has 0 saturated heterocycles. The van der Waals surface area contributed by atoms with E-state index >= 15 is 0 Å². The number of aromatic nitrogens is 8. The minimum Gasteiger partial charge on any atom is -0.478 e. The number of cyclic esters (lactones) is 2. The van der Waals surface area contributed by atoms with Gasteiger partial charge in [0.05, 0.1) is 50.4 Å². The van der Waals surface area contributed by atoms with E-state index in [0.717, 1.165) is 61.5 Å². The summed E-state index contributed by atoms with van der Waals surface area (Å²) in [6, 6.07) is 38.8. The number of fused-ring (bicyclic) bond motifs is 21. The van der Waals surface area contributed by atoms with E-state index in [1.54, 1.807) is 24.3 Å². The van der Waals surface area contributed by atoms with E-state index in [2.05, 4.69) is 23.8 Å². The number of ether oxygens (including phenoxy) is 1. The number of benzene rings is 6. The second-order valence-electron chi connectivity index (χ2n) is 15.2. The van der Waals surface area contributed by atoms with Crippen LogP contribution in [0.15, 0.2) is 138 Å². The van der Waals surface area contributed by atoms with Gasteiger partial charge in [-0.3, -0.25) is 4.55 Å². The van der Waals surface area contributed by atoms with E-state index in [-0.39, 0.29) is 19.5 Å². The van der Waals surface area contributed by atoms with E-state index in [9.17, 15) is 27.6 Å². The van der Waals surface area contributed by atoms with Crippen molar-refractivity contribution in [1.29, 1.82) is 0 Å². The number of esters is 2. The van der Waals surface area contributed by atoms with Gasteiger partial charge in [0, 0.05) is 44.8 Å². The van der Waals surface area contributed by atoms with Crippen LogP contribution in [0.5, 0.6) is 0 Å². The van der Waals surface area contributed by atoms with Crippen LogP contribution in [-0.4, -0.2) is 77.0 Å². The molecule has 6 heterocycles. The molecule has 332 valence electrons. The van der Waals surface area contributed by atoms with E-state index < -0.39 is 50.0 Å². The minimum atomic E-state index is -4.56. The summed E-state index contributed by atoms with van der Waals surface area (Å²) in [6.45, 7) is 2.06. The summed E-state index contributed by atoms with van der Waals surface area (Å²) >= 11 is 0. The van der Waals surface area contributed by atoms with Crippen LogP contribution in [0.25, 0.3) is 89.7 Å². The predicted octanol–water partition coefficient (Wildman–Crippen LogP) is 7.76. The van der Waals surface area contributed by atoms with Crippen molar-refractivity contribution in [3.05, 3.63) is 161 Å². The Labute approximate surface area is 401 Å². The minimum absolute atomic E-state index is 0. The number of carboxylic acid groups (broad SMARTS) is 2. The van der Waals surface area contributed by atoms with Crippen molar-refractivity contribution in [2.45, 2.75) is 11.8 Å². The maximum Gasteiger partial charge on any atom is 2.00 e. The van der Waals surface area contributed by atoms with Gasteiger partial charge in [0.25, 0.3) is 10.1 Å². The first-order valence-electron chi connectivity index (χ1n) is 20.3. The molecule has 6 aromatic carbocycles. The number of aryl methyl sites for hydroxylation is 1. The van der Waals surface area contributed by atoms with E-state index in [1.165, 1.54) is 0 Å². The SMILES string of the molecule is Cc1ccc2c3nc4nc(nc5[n-]c(nc6nc(nc([n-]3)c2c1)-c1ccccc1-6)c1ccccc51)-c1ccccc1-4.O=C(O)c1ccc(S(=O)(=O)O)cc1C(=O)O.O=C1OC(=O)c2ccccc21.[Zn+2]. The Bertz CT molecular complexity index is 3930. The maximum absolute atomic E-state index is 10.8. The number of carbonyl (C=O) groups is 4. The van der Waals surface area contributed by atoms with E-state index in [0.29, 0.717) is 63.1 Å². The Morgan fingerprint density at radius 1 is 0.478 bits per heavy atom. The van der Waals surface area contributed by atoms with Gasteiger partial charge >= 0.3 is 43.4 Å². The van der Waals surface area contributed by atoms with Crippen molar-refractivity contribution < 1.29 is 66.6 Å². The largest absolute Gasteiger partial charge is 2.00 e. The summed E-state index contributed by atoms with van der Waals surface area (Å²) < 4.78 is 34.4. The first-order valence-corrected chi connectivity index (χ1v) is 21.7. The smallest absolute Gasteiger partial charge is 0.478 e. The zero-order chi connectivity index (χ0) is 47.4. The van der Waals surface area contributed by atoms with Crippen molar-refractivity contribution in [3.63, 3.8) is 0 Å². The molecule has 0 saturated carbocycles. The van der Waals surface area contributed by atoms with Crippen LogP contribution in [0.1, 0.15) is 47.0 Å². The van der Waals surface area contributed by atoms with Crippen molar-refractivity contribution in [2.24, 2.45) is 0 Å². The molecule has 9 aromatic rings. The summed E-state index contributed by atoms with van der Waals surface area (Å²) in [7, 11) is -4.56. The summed E-state index contributed by atoms with van der Waals surface area (Å²) in [5.41, 5.74) is 6.36. The number of rotatable bonds is 3. The molecule has 0 radical (unpaired) electrons. The molecule has 0 atom stereocenters. The van der Waals surface area contributed by atoms with E-state index in [4.69, 9.17) is 54.6 Å². The Hall–Kier alpha value is -8.71. The van der Waals surface area contributed by atoms with Gasteiger partial charge < -0.3 is 44.9 Å². The number of nitrogens with zero attached hydrogens (tertiary/aromatic N) is 8. The molecule has 0 amide bonds. The Kier molecular flexibility index (Phi) is 11.7. The van der Waals surface area contributed by atoms with Crippen molar-refractivity contribution >= 4 is 78.1 Å². The summed E-state index contributed by atoms with van der Waals surface area (Å²) in [5.74, 6) is -1.98. The summed E-state index contributed by atoms with van der Waals surface area (Å²) in [5, 5.41) is 20.9. The standard InChI is InChI=1S/C33H18N8.C8H6O7S.C8H4O3.Zn/c1-17-14-15-24-25(16-17)33-40-31-23-13-7-6-12-22(23)29(38-31)36-27-19-9-3-2-8-18(19)26(34-27)35-28-20-10-4-5-11-21(20)30(37-28)39-32(24)41-33;9-7(10)5-2-1-4(16(13,14)15)3-6(5)8(11)12;9-7-5-3-1-2-4-6(5)8(10)11-7;/h2-16H,1H3;1-3H,(H,9,10)(H,11,12)(H,13,14,15);1-4H;/q-2;;;+2. The molecule has 18 nitrogen and oxygen atoms in total. The van der Waals surface area contributed by atoms with E-state index in [1.807, 2.05) is 78.9 Å². The quantitative estimate of drug-likeness (QED) is 0.0660. The molecular weight excluding hydrogens is 958 g/mol. The van der Waals surface area contributed by atoms with Crippen LogP contribution >= 0.6 is 0 Å². The number of hydrogen-bond acceptors (Lipinski definition) is 13. The zero-order valence-corrected chi connectivity index (χ0v) is 39.4. The second kappa shape index (κ2) is 17.8. The van der Waals surface area contributed by atoms with Crippen LogP contribution in [0, 0.1) is 6.92 Å². The van der Waals surface area contributed by atoms with Crippen LogP contribution in [0.2, 0.25) is 0 Å². The molecule has 3 N–H and O–H groups in total. The van der Waals surface area contributed by atoms with Gasteiger partial charge in [-0.1, -0.05) is 109 Å². The van der Waals surface area contributed by atoms with Gasteiger partial charge in [-0.25, -0.2) is 29.1 Å². The van der Waals surface area contributed by atoms with Gasteiger partial charge in [0.15, 0.2) is 0 Å². The third-order valence-corrected chi connectivity index (χ3v) is 11.7. The topological polar surface area (TPSA) is 278 Å². The second-order valence-corrected chi connectivity index (χ2v) is 16.6. The molecule has 20 heteroatoms. The fraction of sp³-hybridized carbons (Fsp3) is 0.0204. The summed E-state index contributed by atoms with van der Waals surface area (Å²) in [4.78, 5) is 81.7. The Morgan fingerprint density at radius 2 is 0.855 bits per heavy atom. The first kappa shape index (κ1) is 45.4. The van der Waals surface area contributed by atoms with Crippen LogP contribution in [0.3, 0.4) is 0 Å². The van der Waals surface area contributed by atoms with Gasteiger partial charge in [-0.15, -0.1) is 0 Å². The monoisotopic (exact) mass is 984 g/mol. The van der Waals surface area contributed by atoms with Crippen LogP contribution in [0.4, 0.5) is 0 Å². The van der Waals surface area contributed by atoms with Crippen molar-refractivity contribution in [2.75, 3.05) is 0 Å². The molecule has 12 rings (SSSR count). The average Bonchev–Trinajstić information content (AvgIpc) is 4.12. The average molecular weight is 986 g/mol. The molecule has 69 heavy (non-hydrogen) atoms. The normalized spacial score (nSPS) is 12.0. The molecule has 3 aliphatic rings. The molecular formula is C49H28N8O10SZn. The fourth-order valence-corrected chi connectivity index (χ4v) is 8.21. The molecule has 0 unspecified atom stereocenters. The zero-order valence-electron chi connectivity index (χ0n) is 35.6. The van der Waals surface area contributed by atoms with Gasteiger partial charge in [0.2, 0.25) is 0 Å². The summed E-state index contributed by atoms with van der Waals surface area (Å²) in [6.07, 6.45) is 0. The van der Waals surface area contributed by atoms with Crippen LogP contribution in [-0.2, 0) is 34.3 Å². The molecule has 3 aliphatic heterocycles. The maximum atomic E-state index is 10.8. The third-order valence-electron chi connectivity index (χ3n) is 10.9. The van der Waals surface area contributed by atoms with Crippen molar-refractivity contribution in [3.8, 4) is 45.6 Å². The molecule has 0 fully saturated rings.